The van der Waals surface area contributed by atoms with Gasteiger partial charge in [0.1, 0.15) is 0 Å². The lowest BCUT2D eigenvalue weighted by molar-refractivity contribution is 0.295. The maximum absolute atomic E-state index is 7.88. The predicted molar refractivity (Wildman–Crippen MR) is 22.3 cm³/mol. The van der Waals surface area contributed by atoms with E-state index in [1.165, 1.54) is 0 Å². The van der Waals surface area contributed by atoms with Crippen molar-refractivity contribution in [3.8, 4) is 0 Å². The first-order valence-electron chi connectivity index (χ1n) is 1.75. The van der Waals surface area contributed by atoms with Crippen LogP contribution in [0.15, 0.2) is 0 Å². The lowest BCUT2D eigenvalue weighted by Crippen LogP contribution is -1.69. The van der Waals surface area contributed by atoms with Crippen LogP contribution in [0, 0.1) is 11.8 Å². The molecule has 0 bridgehead atoms. The van der Waals surface area contributed by atoms with E-state index in [9.17, 15) is 0 Å². The average Bonchev–Trinajstić information content (AvgIpc) is 1.72. The fourth-order valence-corrected chi connectivity index (χ4v) is 0. The summed E-state index contributed by atoms with van der Waals surface area (Å²) < 4.78 is 0. The van der Waals surface area contributed by atoms with Gasteiger partial charge < -0.3 is 16.9 Å². The van der Waals surface area contributed by atoms with Crippen molar-refractivity contribution < 1.29 is 5.11 Å². The average molecular weight is 86.1 g/mol. The van der Waals surface area contributed by atoms with Crippen LogP contribution in [0.1, 0.15) is 13.3 Å². The van der Waals surface area contributed by atoms with Gasteiger partial charge in [0.2, 0.25) is 0 Å². The zero-order valence-electron chi connectivity index (χ0n) is 3.81. The van der Waals surface area contributed by atoms with Gasteiger partial charge in [0.25, 0.3) is 0 Å². The molecule has 36 valence electrons. The summed E-state index contributed by atoms with van der Waals surface area (Å²) in [6, 6.07) is 0. The van der Waals surface area contributed by atoms with Gasteiger partial charge in [-0.1, -0.05) is 6.92 Å². The highest BCUT2D eigenvalue weighted by Crippen LogP contribution is 1.61. The van der Waals surface area contributed by atoms with Crippen LogP contribution >= 0.6 is 0 Å². The summed E-state index contributed by atoms with van der Waals surface area (Å²) >= 11 is 0. The van der Waals surface area contributed by atoms with Crippen LogP contribution in [0.3, 0.4) is 0 Å². The Bertz CT molecular complexity index is 24.0. The Balaban J connectivity index is 0. The molecule has 0 aliphatic heterocycles. The van der Waals surface area contributed by atoms with Gasteiger partial charge in [-0.15, -0.1) is 0 Å². The molecule has 0 spiro atoms. The minimum atomic E-state index is 0.319. The van der Waals surface area contributed by atoms with Crippen LogP contribution in [0.4, 0.5) is 0 Å². The Morgan fingerprint density at radius 1 is 1.67 bits per heavy atom. The topological polar surface area (TPSA) is 44.0 Å². The van der Waals surface area contributed by atoms with Crippen LogP contribution in [0.5, 0.6) is 0 Å². The van der Waals surface area contributed by atoms with E-state index in [-0.39, 0.29) is 0 Å². The number of hydrogen-bond donors (Lipinski definition) is 1. The third-order valence-corrected chi connectivity index (χ3v) is 0.224. The van der Waals surface area contributed by atoms with E-state index < -0.39 is 0 Å². The molecule has 0 aromatic rings. The zero-order chi connectivity index (χ0) is 5.41. The number of hydrogen-bond acceptors (Lipinski definition) is 2. The van der Waals surface area contributed by atoms with Gasteiger partial charge in [0.05, 0.1) is 0 Å². The third-order valence-electron chi connectivity index (χ3n) is 0.224. The summed E-state index contributed by atoms with van der Waals surface area (Å²) in [6.45, 7) is 7.00. The summed E-state index contributed by atoms with van der Waals surface area (Å²) in [4.78, 5) is 0. The van der Waals surface area contributed by atoms with E-state index in [0.29, 0.717) is 6.61 Å². The summed E-state index contributed by atoms with van der Waals surface area (Å²) in [5.41, 5.74) is 0. The zero-order valence-corrected chi connectivity index (χ0v) is 3.81. The van der Waals surface area contributed by atoms with Gasteiger partial charge in [-0.3, -0.25) is 0 Å². The van der Waals surface area contributed by atoms with Crippen LogP contribution in [0.2, 0.25) is 0 Å². The number of nitrogens with zero attached hydrogens (tertiary/aromatic N) is 1. The standard InChI is InChI=1S/C3H8O.CN/c1-2-3-4;1-2/h4H,2-3H2,1H3;/q;-1. The summed E-state index contributed by atoms with van der Waals surface area (Å²) in [5.74, 6) is 0. The van der Waals surface area contributed by atoms with Gasteiger partial charge in [-0.2, -0.15) is 0 Å². The number of aliphatic hydroxyl groups excluding tert-OH is 1. The highest BCUT2D eigenvalue weighted by Gasteiger charge is 1.57. The van der Waals surface area contributed by atoms with E-state index in [1.807, 2.05) is 6.92 Å². The molecular formula is C4H8NO-. The minimum Gasteiger partial charge on any atom is -0.512 e. The largest absolute Gasteiger partial charge is 0.512 e. The van der Waals surface area contributed by atoms with E-state index in [2.05, 4.69) is 0 Å². The molecule has 0 aliphatic carbocycles. The van der Waals surface area contributed by atoms with Crippen molar-refractivity contribution in [3.63, 3.8) is 0 Å². The summed E-state index contributed by atoms with van der Waals surface area (Å²) in [6.07, 6.45) is 0.875. The second-order valence-electron chi connectivity index (χ2n) is 0.724. The van der Waals surface area contributed by atoms with E-state index >= 15 is 0 Å². The molecule has 0 saturated carbocycles. The molecule has 1 N–H and O–H groups in total. The summed E-state index contributed by atoms with van der Waals surface area (Å²) in [5, 5.41) is 14.1. The van der Waals surface area contributed by atoms with Crippen LogP contribution in [-0.4, -0.2) is 11.7 Å². The maximum atomic E-state index is 7.88. The Morgan fingerprint density at radius 2 is 1.83 bits per heavy atom. The van der Waals surface area contributed by atoms with Crippen LogP contribution in [-0.2, 0) is 0 Å². The Hall–Kier alpha value is -0.550. The van der Waals surface area contributed by atoms with E-state index in [1.54, 1.807) is 0 Å². The Morgan fingerprint density at radius 3 is 1.83 bits per heavy atom. The van der Waals surface area contributed by atoms with Crippen molar-refractivity contribution in [2.24, 2.45) is 0 Å². The van der Waals surface area contributed by atoms with Crippen molar-refractivity contribution in [1.29, 1.82) is 5.26 Å². The molecule has 0 atom stereocenters. The molecule has 0 amide bonds. The van der Waals surface area contributed by atoms with Crippen molar-refractivity contribution in [2.75, 3.05) is 6.61 Å². The van der Waals surface area contributed by atoms with Gasteiger partial charge >= 0.3 is 0 Å². The highest BCUT2D eigenvalue weighted by molar-refractivity contribution is 4.10. The maximum Gasteiger partial charge on any atom is 0.0428 e. The first kappa shape index (κ1) is 9.07. The molecule has 0 unspecified atom stereocenters. The van der Waals surface area contributed by atoms with Crippen molar-refractivity contribution in [3.05, 3.63) is 6.57 Å². The molecule has 0 radical (unpaired) electrons. The van der Waals surface area contributed by atoms with Gasteiger partial charge in [0, 0.05) is 6.61 Å². The highest BCUT2D eigenvalue weighted by atomic mass is 16.2. The van der Waals surface area contributed by atoms with E-state index in [0.717, 1.165) is 6.42 Å². The van der Waals surface area contributed by atoms with Gasteiger partial charge in [-0.25, -0.2) is 0 Å². The van der Waals surface area contributed by atoms with Crippen molar-refractivity contribution >= 4 is 0 Å². The second kappa shape index (κ2) is 25.2. The van der Waals surface area contributed by atoms with Crippen LogP contribution in [0.25, 0.3) is 0 Å². The molecule has 0 fully saturated rings. The molecule has 6 heavy (non-hydrogen) atoms. The van der Waals surface area contributed by atoms with Crippen molar-refractivity contribution in [1.82, 2.24) is 0 Å². The molecular weight excluding hydrogens is 78.1 g/mol. The lowest BCUT2D eigenvalue weighted by atomic mass is 10.5. The molecule has 0 rings (SSSR count). The minimum absolute atomic E-state index is 0.319. The third kappa shape index (κ3) is 102. The smallest absolute Gasteiger partial charge is 0.0428 e. The molecule has 2 heteroatoms. The molecule has 0 aromatic heterocycles. The van der Waals surface area contributed by atoms with E-state index in [4.69, 9.17) is 16.9 Å². The Labute approximate surface area is 38.0 Å². The fraction of sp³-hybridized carbons (Fsp3) is 0.750. The lowest BCUT2D eigenvalue weighted by Gasteiger charge is -1.69. The van der Waals surface area contributed by atoms with Gasteiger partial charge in [0.15, 0.2) is 0 Å². The SMILES string of the molecule is CCCO.[C-]#N. The molecule has 0 aromatic carbocycles. The number of rotatable bonds is 1. The van der Waals surface area contributed by atoms with Crippen LogP contribution < -0.4 is 0 Å². The molecule has 0 heterocycles. The normalized spacial score (nSPS) is 5.33. The monoisotopic (exact) mass is 86.1 g/mol. The second-order valence-corrected chi connectivity index (χ2v) is 0.724. The van der Waals surface area contributed by atoms with Crippen molar-refractivity contribution in [2.45, 2.75) is 13.3 Å². The Kier molecular flexibility index (Phi) is 38.1. The molecule has 0 aliphatic rings. The fourth-order valence-electron chi connectivity index (χ4n) is 0. The number of aliphatic hydroxyl groups is 1. The predicted octanol–water partition coefficient (Wildman–Crippen LogP) is 0.485. The molecule has 2 nitrogen and oxygen atoms in total. The molecule has 0 saturated heterocycles. The summed E-state index contributed by atoms with van der Waals surface area (Å²) in [7, 11) is 0. The quantitative estimate of drug-likeness (QED) is 0.472. The first-order chi connectivity index (χ1) is 2.91. The first-order valence-corrected chi connectivity index (χ1v) is 1.75. The van der Waals surface area contributed by atoms with Gasteiger partial charge in [-0.05, 0) is 6.42 Å².